The molecule has 1 aliphatic heterocycles. The maximum atomic E-state index is 12.7. The van der Waals surface area contributed by atoms with Crippen molar-refractivity contribution in [3.63, 3.8) is 0 Å². The van der Waals surface area contributed by atoms with Crippen molar-refractivity contribution in [3.8, 4) is 0 Å². The standard InChI is InChI=1S/C19H16ClF3N4O2/c1-26(15-8-4-13(5-9-15)19(21,22)23)17(28)11-27-18(29)24-10-16(25-27)12-2-6-14(20)7-3-12/h2-9H,10-11H2,1H3,(H,24,29). The molecule has 3 amide bonds. The Bertz CT molecular complexity index is 943. The van der Waals surface area contributed by atoms with Gasteiger partial charge in [0.15, 0.2) is 0 Å². The smallest absolute Gasteiger partial charge is 0.331 e. The fourth-order valence-corrected chi connectivity index (χ4v) is 2.76. The van der Waals surface area contributed by atoms with Gasteiger partial charge in [0.2, 0.25) is 5.91 Å². The van der Waals surface area contributed by atoms with Crippen molar-refractivity contribution in [2.45, 2.75) is 6.18 Å². The molecule has 0 radical (unpaired) electrons. The molecule has 10 heteroatoms. The summed E-state index contributed by atoms with van der Waals surface area (Å²) in [6.45, 7) is -0.180. The molecule has 0 saturated heterocycles. The van der Waals surface area contributed by atoms with Gasteiger partial charge >= 0.3 is 12.2 Å². The van der Waals surface area contributed by atoms with Crippen LogP contribution in [-0.4, -0.2) is 42.8 Å². The zero-order chi connectivity index (χ0) is 21.2. The topological polar surface area (TPSA) is 65.0 Å². The second-order valence-electron chi connectivity index (χ2n) is 6.27. The average molecular weight is 425 g/mol. The molecule has 29 heavy (non-hydrogen) atoms. The predicted molar refractivity (Wildman–Crippen MR) is 103 cm³/mol. The number of benzene rings is 2. The van der Waals surface area contributed by atoms with Crippen LogP contribution in [0.2, 0.25) is 5.02 Å². The quantitative estimate of drug-likeness (QED) is 0.812. The number of nitrogens with one attached hydrogen (secondary N) is 1. The number of carbonyl (C=O) groups is 2. The Labute approximate surface area is 169 Å². The van der Waals surface area contributed by atoms with Crippen molar-refractivity contribution >= 4 is 34.9 Å². The highest BCUT2D eigenvalue weighted by molar-refractivity contribution is 6.30. The number of urea groups is 1. The molecule has 0 unspecified atom stereocenters. The lowest BCUT2D eigenvalue weighted by molar-refractivity contribution is -0.137. The number of alkyl halides is 3. The Morgan fingerprint density at radius 2 is 1.79 bits per heavy atom. The average Bonchev–Trinajstić information content (AvgIpc) is 2.69. The van der Waals surface area contributed by atoms with E-state index in [4.69, 9.17) is 11.6 Å². The fraction of sp³-hybridized carbons (Fsp3) is 0.211. The van der Waals surface area contributed by atoms with E-state index in [0.717, 1.165) is 22.7 Å². The lowest BCUT2D eigenvalue weighted by Gasteiger charge is -2.26. The number of hydrogen-bond acceptors (Lipinski definition) is 3. The molecular formula is C19H16ClF3N4O2. The molecule has 0 aromatic heterocycles. The Kier molecular flexibility index (Phi) is 5.78. The summed E-state index contributed by atoms with van der Waals surface area (Å²) in [5.74, 6) is -0.513. The third kappa shape index (κ3) is 4.86. The third-order valence-electron chi connectivity index (χ3n) is 4.30. The van der Waals surface area contributed by atoms with Crippen LogP contribution in [0.3, 0.4) is 0 Å². The summed E-state index contributed by atoms with van der Waals surface area (Å²) in [5, 5.41) is 8.39. The highest BCUT2D eigenvalue weighted by atomic mass is 35.5. The first-order chi connectivity index (χ1) is 13.6. The van der Waals surface area contributed by atoms with Crippen LogP contribution in [0.4, 0.5) is 23.7 Å². The SMILES string of the molecule is CN(C(=O)CN1N=C(c2ccc(Cl)cc2)CNC1=O)c1ccc(C(F)(F)F)cc1. The molecule has 0 fully saturated rings. The van der Waals surface area contributed by atoms with E-state index in [1.807, 2.05) is 0 Å². The highest BCUT2D eigenvalue weighted by Crippen LogP contribution is 2.30. The Morgan fingerprint density at radius 3 is 2.38 bits per heavy atom. The molecule has 2 aromatic rings. The van der Waals surface area contributed by atoms with E-state index >= 15 is 0 Å². The van der Waals surface area contributed by atoms with E-state index in [0.29, 0.717) is 10.7 Å². The number of likely N-dealkylation sites (N-methyl/N-ethyl adjacent to an activating group) is 1. The summed E-state index contributed by atoms with van der Waals surface area (Å²) in [4.78, 5) is 25.8. The van der Waals surface area contributed by atoms with Gasteiger partial charge in [0.05, 0.1) is 17.8 Å². The molecule has 2 aromatic carbocycles. The fourth-order valence-electron chi connectivity index (χ4n) is 2.64. The molecule has 152 valence electrons. The summed E-state index contributed by atoms with van der Waals surface area (Å²) >= 11 is 5.87. The second kappa shape index (κ2) is 8.12. The molecule has 0 spiro atoms. The minimum atomic E-state index is -4.46. The molecule has 0 atom stereocenters. The second-order valence-corrected chi connectivity index (χ2v) is 6.70. The van der Waals surface area contributed by atoms with Crippen LogP contribution in [0.1, 0.15) is 11.1 Å². The van der Waals surface area contributed by atoms with Crippen molar-refractivity contribution in [3.05, 3.63) is 64.7 Å². The molecule has 0 aliphatic carbocycles. The van der Waals surface area contributed by atoms with E-state index in [2.05, 4.69) is 10.4 Å². The monoisotopic (exact) mass is 424 g/mol. The molecular weight excluding hydrogens is 409 g/mol. The van der Waals surface area contributed by atoms with Gasteiger partial charge in [0.25, 0.3) is 0 Å². The highest BCUT2D eigenvalue weighted by Gasteiger charge is 2.30. The third-order valence-corrected chi connectivity index (χ3v) is 4.55. The number of hydrazone groups is 1. The van der Waals surface area contributed by atoms with Gasteiger partial charge in [-0.05, 0) is 42.0 Å². The van der Waals surface area contributed by atoms with Gasteiger partial charge in [-0.25, -0.2) is 9.80 Å². The van der Waals surface area contributed by atoms with Crippen molar-refractivity contribution in [1.82, 2.24) is 10.3 Å². The molecule has 0 saturated carbocycles. The van der Waals surface area contributed by atoms with Gasteiger partial charge in [-0.3, -0.25) is 4.79 Å². The normalized spacial score (nSPS) is 14.3. The number of anilines is 1. The lowest BCUT2D eigenvalue weighted by atomic mass is 10.1. The van der Waals surface area contributed by atoms with Gasteiger partial charge in [-0.1, -0.05) is 23.7 Å². The minimum Gasteiger partial charge on any atom is -0.331 e. The summed E-state index contributed by atoms with van der Waals surface area (Å²) in [6, 6.07) is 10.5. The number of hydrogen-bond donors (Lipinski definition) is 1. The number of carbonyl (C=O) groups excluding carboxylic acids is 2. The first-order valence-corrected chi connectivity index (χ1v) is 8.85. The first kappa shape index (κ1) is 20.7. The van der Waals surface area contributed by atoms with Crippen LogP contribution < -0.4 is 10.2 Å². The zero-order valence-corrected chi connectivity index (χ0v) is 16.0. The number of rotatable bonds is 4. The number of amides is 3. The van der Waals surface area contributed by atoms with Gasteiger partial charge < -0.3 is 10.2 Å². The van der Waals surface area contributed by atoms with Crippen LogP contribution in [0.25, 0.3) is 0 Å². The molecule has 3 rings (SSSR count). The van der Waals surface area contributed by atoms with E-state index in [-0.39, 0.29) is 18.8 Å². The van der Waals surface area contributed by atoms with Gasteiger partial charge in [0.1, 0.15) is 6.54 Å². The molecule has 6 nitrogen and oxygen atoms in total. The van der Waals surface area contributed by atoms with E-state index < -0.39 is 23.7 Å². The van der Waals surface area contributed by atoms with Crippen LogP contribution >= 0.6 is 11.6 Å². The molecule has 1 N–H and O–H groups in total. The molecule has 0 bridgehead atoms. The lowest BCUT2D eigenvalue weighted by Crippen LogP contribution is -2.48. The Morgan fingerprint density at radius 1 is 1.17 bits per heavy atom. The van der Waals surface area contributed by atoms with E-state index in [1.165, 1.54) is 24.1 Å². The zero-order valence-electron chi connectivity index (χ0n) is 15.2. The summed E-state index contributed by atoms with van der Waals surface area (Å²) < 4.78 is 38.0. The summed E-state index contributed by atoms with van der Waals surface area (Å²) in [5.41, 5.74) is 0.742. The van der Waals surface area contributed by atoms with Crippen LogP contribution in [0.15, 0.2) is 53.6 Å². The first-order valence-electron chi connectivity index (χ1n) is 8.48. The van der Waals surface area contributed by atoms with Crippen LogP contribution in [0, 0.1) is 0 Å². The van der Waals surface area contributed by atoms with E-state index in [9.17, 15) is 22.8 Å². The van der Waals surface area contributed by atoms with Gasteiger partial charge in [-0.2, -0.15) is 18.3 Å². The largest absolute Gasteiger partial charge is 0.416 e. The maximum absolute atomic E-state index is 12.7. The number of nitrogens with zero attached hydrogens (tertiary/aromatic N) is 3. The van der Waals surface area contributed by atoms with Crippen LogP contribution in [-0.2, 0) is 11.0 Å². The van der Waals surface area contributed by atoms with Crippen molar-refractivity contribution < 1.29 is 22.8 Å². The van der Waals surface area contributed by atoms with Crippen molar-refractivity contribution in [2.75, 3.05) is 25.0 Å². The maximum Gasteiger partial charge on any atom is 0.416 e. The molecule has 1 heterocycles. The van der Waals surface area contributed by atoms with Crippen molar-refractivity contribution in [2.24, 2.45) is 5.10 Å². The van der Waals surface area contributed by atoms with Crippen molar-refractivity contribution in [1.29, 1.82) is 0 Å². The van der Waals surface area contributed by atoms with Gasteiger partial charge in [0, 0.05) is 17.8 Å². The van der Waals surface area contributed by atoms with Crippen LogP contribution in [0.5, 0.6) is 0 Å². The Hall–Kier alpha value is -3.07. The minimum absolute atomic E-state index is 0.194. The molecule has 1 aliphatic rings. The van der Waals surface area contributed by atoms with E-state index in [1.54, 1.807) is 24.3 Å². The number of halogens is 4. The predicted octanol–water partition coefficient (Wildman–Crippen LogP) is 3.75. The summed E-state index contributed by atoms with van der Waals surface area (Å²) in [7, 11) is 1.41. The van der Waals surface area contributed by atoms with Gasteiger partial charge in [-0.15, -0.1) is 0 Å². The summed E-state index contributed by atoms with van der Waals surface area (Å²) in [6.07, 6.45) is -4.46. The Balaban J connectivity index is 1.73.